The minimum atomic E-state index is -0.294. The van der Waals surface area contributed by atoms with Gasteiger partial charge < -0.3 is 15.0 Å². The van der Waals surface area contributed by atoms with Gasteiger partial charge in [0.05, 0.1) is 18.2 Å². The first-order valence-electron chi connectivity index (χ1n) is 10.7. The standard InChI is InChI=1S/C24H26N4O3/c25-15-19-9-6-13-28(19)23(29)17-27-14-12-20(16-27)31-22-11-5-4-10-21(22)24(30)26-18-7-2-1-3-8-18/h1-5,7-8,10-11,19-20H,6,9,12-14,16-17H2,(H,26,30)/t19?,20-/m0/s1. The van der Waals surface area contributed by atoms with Crippen LogP contribution in [0.1, 0.15) is 29.6 Å². The normalized spacial score (nSPS) is 20.9. The van der Waals surface area contributed by atoms with Gasteiger partial charge in [-0.1, -0.05) is 30.3 Å². The molecule has 2 saturated heterocycles. The number of amides is 2. The number of hydrogen-bond acceptors (Lipinski definition) is 5. The molecule has 1 N–H and O–H groups in total. The highest BCUT2D eigenvalue weighted by Crippen LogP contribution is 2.24. The fraction of sp³-hybridized carbons (Fsp3) is 0.375. The Morgan fingerprint density at radius 2 is 1.84 bits per heavy atom. The van der Waals surface area contributed by atoms with Gasteiger partial charge in [0.2, 0.25) is 5.91 Å². The van der Waals surface area contributed by atoms with Gasteiger partial charge in [0.25, 0.3) is 5.91 Å². The highest BCUT2D eigenvalue weighted by atomic mass is 16.5. The van der Waals surface area contributed by atoms with Crippen LogP contribution in [-0.4, -0.2) is 59.9 Å². The van der Waals surface area contributed by atoms with Crippen molar-refractivity contribution in [2.45, 2.75) is 31.4 Å². The summed E-state index contributed by atoms with van der Waals surface area (Å²) in [6.07, 6.45) is 2.33. The molecule has 1 unspecified atom stereocenters. The Bertz CT molecular complexity index is 972. The molecular formula is C24H26N4O3. The minimum Gasteiger partial charge on any atom is -0.488 e. The lowest BCUT2D eigenvalue weighted by molar-refractivity contribution is -0.132. The second kappa shape index (κ2) is 9.63. The van der Waals surface area contributed by atoms with E-state index in [2.05, 4.69) is 16.3 Å². The van der Waals surface area contributed by atoms with Crippen LogP contribution in [0, 0.1) is 11.3 Å². The molecule has 0 saturated carbocycles. The molecule has 2 aromatic carbocycles. The van der Waals surface area contributed by atoms with E-state index >= 15 is 0 Å². The van der Waals surface area contributed by atoms with Crippen LogP contribution >= 0.6 is 0 Å². The Hall–Kier alpha value is -3.37. The number of ether oxygens (including phenoxy) is 1. The average molecular weight is 418 g/mol. The van der Waals surface area contributed by atoms with Crippen molar-refractivity contribution in [3.8, 4) is 11.8 Å². The number of hydrogen-bond donors (Lipinski definition) is 1. The third-order valence-corrected chi connectivity index (χ3v) is 5.77. The highest BCUT2D eigenvalue weighted by Gasteiger charge is 2.32. The summed E-state index contributed by atoms with van der Waals surface area (Å²) >= 11 is 0. The number of rotatable bonds is 6. The van der Waals surface area contributed by atoms with Gasteiger partial charge in [-0.25, -0.2) is 0 Å². The molecule has 2 fully saturated rings. The third kappa shape index (κ3) is 5.04. The average Bonchev–Trinajstić information content (AvgIpc) is 3.44. The maximum absolute atomic E-state index is 12.7. The van der Waals surface area contributed by atoms with E-state index in [0.29, 0.717) is 30.9 Å². The number of nitrogens with one attached hydrogen (secondary N) is 1. The molecule has 4 rings (SSSR count). The molecule has 2 atom stereocenters. The molecule has 0 spiro atoms. The number of para-hydroxylation sites is 2. The zero-order chi connectivity index (χ0) is 21.6. The lowest BCUT2D eigenvalue weighted by Gasteiger charge is -2.23. The summed E-state index contributed by atoms with van der Waals surface area (Å²) < 4.78 is 6.17. The molecule has 0 radical (unpaired) electrons. The first kappa shape index (κ1) is 20.9. The molecule has 7 heteroatoms. The molecule has 0 aliphatic carbocycles. The summed E-state index contributed by atoms with van der Waals surface area (Å²) in [6, 6.07) is 18.4. The van der Waals surface area contributed by atoms with Crippen LogP contribution in [0.2, 0.25) is 0 Å². The summed E-state index contributed by atoms with van der Waals surface area (Å²) in [7, 11) is 0. The Morgan fingerprint density at radius 3 is 2.65 bits per heavy atom. The quantitative estimate of drug-likeness (QED) is 0.780. The van der Waals surface area contributed by atoms with Gasteiger partial charge in [-0.15, -0.1) is 0 Å². The molecule has 2 aliphatic rings. The number of nitrogens with zero attached hydrogens (tertiary/aromatic N) is 3. The maximum Gasteiger partial charge on any atom is 0.259 e. The second-order valence-corrected chi connectivity index (χ2v) is 7.95. The molecule has 2 heterocycles. The fourth-order valence-electron chi connectivity index (χ4n) is 4.17. The van der Waals surface area contributed by atoms with Gasteiger partial charge in [-0.05, 0) is 43.5 Å². The largest absolute Gasteiger partial charge is 0.488 e. The number of carbonyl (C=O) groups is 2. The smallest absolute Gasteiger partial charge is 0.259 e. The van der Waals surface area contributed by atoms with Crippen molar-refractivity contribution >= 4 is 17.5 Å². The second-order valence-electron chi connectivity index (χ2n) is 7.95. The van der Waals surface area contributed by atoms with Gasteiger partial charge in [-0.2, -0.15) is 5.26 Å². The molecular weight excluding hydrogens is 392 g/mol. The highest BCUT2D eigenvalue weighted by molar-refractivity contribution is 6.06. The van der Waals surface area contributed by atoms with Crippen molar-refractivity contribution < 1.29 is 14.3 Å². The van der Waals surface area contributed by atoms with E-state index in [1.807, 2.05) is 42.5 Å². The van der Waals surface area contributed by atoms with E-state index in [1.54, 1.807) is 17.0 Å². The summed E-state index contributed by atoms with van der Waals surface area (Å²) in [5.74, 6) is 0.328. The van der Waals surface area contributed by atoms with E-state index in [0.717, 1.165) is 31.5 Å². The van der Waals surface area contributed by atoms with E-state index in [9.17, 15) is 14.9 Å². The molecule has 2 aromatic rings. The molecule has 7 nitrogen and oxygen atoms in total. The molecule has 31 heavy (non-hydrogen) atoms. The monoisotopic (exact) mass is 418 g/mol. The van der Waals surface area contributed by atoms with Gasteiger partial charge >= 0.3 is 0 Å². The van der Waals surface area contributed by atoms with E-state index in [1.165, 1.54) is 0 Å². The molecule has 0 bridgehead atoms. The van der Waals surface area contributed by atoms with Crippen LogP contribution in [0.15, 0.2) is 54.6 Å². The molecule has 160 valence electrons. The number of nitriles is 1. The Kier molecular flexibility index (Phi) is 6.48. The molecule has 0 aromatic heterocycles. The first-order valence-corrected chi connectivity index (χ1v) is 10.7. The van der Waals surface area contributed by atoms with Crippen molar-refractivity contribution in [3.05, 3.63) is 60.2 Å². The molecule has 2 aliphatic heterocycles. The van der Waals surface area contributed by atoms with Gasteiger partial charge in [0.1, 0.15) is 17.9 Å². The maximum atomic E-state index is 12.7. The predicted octanol–water partition coefficient (Wildman–Crippen LogP) is 2.91. The number of carbonyl (C=O) groups excluding carboxylic acids is 2. The van der Waals surface area contributed by atoms with E-state index < -0.39 is 0 Å². The fourth-order valence-corrected chi connectivity index (χ4v) is 4.17. The topological polar surface area (TPSA) is 85.7 Å². The zero-order valence-corrected chi connectivity index (χ0v) is 17.4. The summed E-state index contributed by atoms with van der Waals surface area (Å²) in [4.78, 5) is 29.1. The molecule has 2 amide bonds. The van der Waals surface area contributed by atoms with Gasteiger partial charge in [-0.3, -0.25) is 14.5 Å². The van der Waals surface area contributed by atoms with Crippen LogP contribution in [0.5, 0.6) is 5.75 Å². The van der Waals surface area contributed by atoms with Crippen molar-refractivity contribution in [1.29, 1.82) is 5.26 Å². The number of anilines is 1. The Morgan fingerprint density at radius 1 is 1.06 bits per heavy atom. The summed E-state index contributed by atoms with van der Waals surface area (Å²) in [6.45, 7) is 2.33. The summed E-state index contributed by atoms with van der Waals surface area (Å²) in [5, 5.41) is 12.1. The van der Waals surface area contributed by atoms with Crippen molar-refractivity contribution in [2.24, 2.45) is 0 Å². The first-order chi connectivity index (χ1) is 15.1. The van der Waals surface area contributed by atoms with E-state index in [-0.39, 0.29) is 24.0 Å². The van der Waals surface area contributed by atoms with Crippen molar-refractivity contribution in [2.75, 3.05) is 31.5 Å². The zero-order valence-electron chi connectivity index (χ0n) is 17.4. The minimum absolute atomic E-state index is 0.00680. The number of likely N-dealkylation sites (tertiary alicyclic amines) is 2. The van der Waals surface area contributed by atoms with Crippen LogP contribution in [0.3, 0.4) is 0 Å². The van der Waals surface area contributed by atoms with Crippen molar-refractivity contribution in [3.63, 3.8) is 0 Å². The third-order valence-electron chi connectivity index (χ3n) is 5.77. The predicted molar refractivity (Wildman–Crippen MR) is 117 cm³/mol. The Labute approximate surface area is 182 Å². The lowest BCUT2D eigenvalue weighted by Crippen LogP contribution is -2.42. The lowest BCUT2D eigenvalue weighted by atomic mass is 10.1. The van der Waals surface area contributed by atoms with Crippen LogP contribution < -0.4 is 10.1 Å². The summed E-state index contributed by atoms with van der Waals surface area (Å²) in [5.41, 5.74) is 1.21. The Balaban J connectivity index is 1.35. The van der Waals surface area contributed by atoms with Gasteiger partial charge in [0, 0.05) is 25.3 Å². The van der Waals surface area contributed by atoms with Crippen LogP contribution in [0.4, 0.5) is 5.69 Å². The van der Waals surface area contributed by atoms with Crippen molar-refractivity contribution in [1.82, 2.24) is 9.80 Å². The van der Waals surface area contributed by atoms with E-state index in [4.69, 9.17) is 4.74 Å². The van der Waals surface area contributed by atoms with Gasteiger partial charge in [0.15, 0.2) is 0 Å². The number of benzene rings is 2. The van der Waals surface area contributed by atoms with Crippen LogP contribution in [-0.2, 0) is 4.79 Å². The SMILES string of the molecule is N#CC1CCCN1C(=O)CN1CC[C@H](Oc2ccccc2C(=O)Nc2ccccc2)C1. The van der Waals surface area contributed by atoms with Crippen LogP contribution in [0.25, 0.3) is 0 Å².